The zero-order valence-corrected chi connectivity index (χ0v) is 13.1. The molecule has 1 aliphatic heterocycles. The summed E-state index contributed by atoms with van der Waals surface area (Å²) in [6.07, 6.45) is 8.92. The van der Waals surface area contributed by atoms with E-state index < -0.39 is 0 Å². The number of rotatable bonds is 7. The van der Waals surface area contributed by atoms with Gasteiger partial charge >= 0.3 is 0 Å². The molecule has 1 heterocycles. The predicted molar refractivity (Wildman–Crippen MR) is 85.4 cm³/mol. The third-order valence-corrected chi connectivity index (χ3v) is 4.38. The number of piperidine rings is 1. The molecule has 1 saturated heterocycles. The molecule has 0 aromatic heterocycles. The van der Waals surface area contributed by atoms with Crippen LogP contribution in [-0.2, 0) is 6.42 Å². The Hall–Kier alpha value is -1.02. The van der Waals surface area contributed by atoms with Gasteiger partial charge < -0.3 is 9.64 Å². The van der Waals surface area contributed by atoms with Crippen LogP contribution < -0.4 is 4.74 Å². The molecule has 0 N–H and O–H groups in total. The van der Waals surface area contributed by atoms with E-state index in [1.165, 1.54) is 50.6 Å². The minimum atomic E-state index is 0.715. The molecule has 1 unspecified atom stereocenters. The molecule has 2 rings (SSSR count). The van der Waals surface area contributed by atoms with Crippen LogP contribution in [0.4, 0.5) is 0 Å². The van der Waals surface area contributed by atoms with Crippen LogP contribution in [0.15, 0.2) is 24.3 Å². The van der Waals surface area contributed by atoms with Crippen molar-refractivity contribution in [2.45, 2.75) is 57.9 Å². The fourth-order valence-corrected chi connectivity index (χ4v) is 2.95. The van der Waals surface area contributed by atoms with Crippen molar-refractivity contribution >= 4 is 0 Å². The molecule has 0 spiro atoms. The first-order valence-corrected chi connectivity index (χ1v) is 8.21. The summed E-state index contributed by atoms with van der Waals surface area (Å²) in [5.74, 6) is 1.02. The molecule has 0 saturated carbocycles. The van der Waals surface area contributed by atoms with E-state index in [2.05, 4.69) is 43.1 Å². The van der Waals surface area contributed by atoms with Gasteiger partial charge in [0.1, 0.15) is 5.75 Å². The van der Waals surface area contributed by atoms with Gasteiger partial charge in [-0.15, -0.1) is 0 Å². The molecule has 1 aliphatic rings. The Morgan fingerprint density at radius 2 is 2.00 bits per heavy atom. The van der Waals surface area contributed by atoms with Crippen molar-refractivity contribution in [1.82, 2.24) is 4.90 Å². The Morgan fingerprint density at radius 3 is 2.70 bits per heavy atom. The molecule has 2 nitrogen and oxygen atoms in total. The smallest absolute Gasteiger partial charge is 0.119 e. The van der Waals surface area contributed by atoms with E-state index in [0.29, 0.717) is 6.04 Å². The van der Waals surface area contributed by atoms with E-state index in [1.54, 1.807) is 0 Å². The number of likely N-dealkylation sites (tertiary alicyclic amines) is 1. The van der Waals surface area contributed by atoms with Crippen molar-refractivity contribution in [2.24, 2.45) is 0 Å². The first-order valence-electron chi connectivity index (χ1n) is 8.21. The molecular weight excluding hydrogens is 246 g/mol. The lowest BCUT2D eigenvalue weighted by Gasteiger charge is -2.32. The number of ether oxygens (including phenoxy) is 1. The number of nitrogens with zero attached hydrogens (tertiary/aromatic N) is 1. The van der Waals surface area contributed by atoms with E-state index in [9.17, 15) is 0 Å². The van der Waals surface area contributed by atoms with Gasteiger partial charge in [-0.05, 0) is 63.4 Å². The predicted octanol–water partition coefficient (Wildman–Crippen LogP) is 4.28. The maximum atomic E-state index is 5.89. The van der Waals surface area contributed by atoms with Gasteiger partial charge in [0.2, 0.25) is 0 Å². The van der Waals surface area contributed by atoms with Gasteiger partial charge in [0, 0.05) is 6.04 Å². The van der Waals surface area contributed by atoms with Crippen LogP contribution in [0.3, 0.4) is 0 Å². The van der Waals surface area contributed by atoms with E-state index in [4.69, 9.17) is 4.74 Å². The molecule has 112 valence electrons. The Labute approximate surface area is 124 Å². The minimum Gasteiger partial charge on any atom is -0.494 e. The number of aryl methyl sites for hydroxylation is 1. The Morgan fingerprint density at radius 1 is 1.20 bits per heavy atom. The molecule has 0 amide bonds. The van der Waals surface area contributed by atoms with Gasteiger partial charge in [-0.25, -0.2) is 0 Å². The third-order valence-electron chi connectivity index (χ3n) is 4.38. The van der Waals surface area contributed by atoms with Crippen LogP contribution in [0.1, 0.15) is 51.0 Å². The van der Waals surface area contributed by atoms with Crippen LogP contribution in [0, 0.1) is 0 Å². The van der Waals surface area contributed by atoms with E-state index >= 15 is 0 Å². The first kappa shape index (κ1) is 15.4. The van der Waals surface area contributed by atoms with Crippen LogP contribution in [0.5, 0.6) is 5.75 Å². The van der Waals surface area contributed by atoms with E-state index in [0.717, 1.165) is 18.8 Å². The quantitative estimate of drug-likeness (QED) is 0.736. The van der Waals surface area contributed by atoms with Gasteiger partial charge in [-0.3, -0.25) is 0 Å². The third kappa shape index (κ3) is 4.82. The Bertz CT molecular complexity index is 374. The van der Waals surface area contributed by atoms with Crippen molar-refractivity contribution in [1.29, 1.82) is 0 Å². The van der Waals surface area contributed by atoms with Crippen molar-refractivity contribution in [3.63, 3.8) is 0 Å². The van der Waals surface area contributed by atoms with E-state index in [1.807, 2.05) is 0 Å². The Balaban J connectivity index is 1.70. The number of hydrogen-bond acceptors (Lipinski definition) is 2. The summed E-state index contributed by atoms with van der Waals surface area (Å²) in [6, 6.07) is 9.37. The maximum Gasteiger partial charge on any atom is 0.119 e. The van der Waals surface area contributed by atoms with Gasteiger partial charge in [-0.1, -0.05) is 31.9 Å². The maximum absolute atomic E-state index is 5.89. The fraction of sp³-hybridized carbons (Fsp3) is 0.667. The first-order chi connectivity index (χ1) is 9.79. The summed E-state index contributed by atoms with van der Waals surface area (Å²) in [6.45, 7) is 4.32. The van der Waals surface area contributed by atoms with Crippen LogP contribution in [0.2, 0.25) is 0 Å². The lowest BCUT2D eigenvalue weighted by molar-refractivity contribution is 0.153. The van der Waals surface area contributed by atoms with Crippen molar-refractivity contribution in [3.05, 3.63) is 29.8 Å². The SMILES string of the molecule is CCCCc1ccc(OCCC2CCCCN2C)cc1. The molecule has 0 radical (unpaired) electrons. The summed E-state index contributed by atoms with van der Waals surface area (Å²) >= 11 is 0. The van der Waals surface area contributed by atoms with Gasteiger partial charge in [0.15, 0.2) is 0 Å². The standard InChI is InChI=1S/C18H29NO/c1-3-4-7-16-9-11-18(12-10-16)20-15-13-17-8-5-6-14-19(17)2/h9-12,17H,3-8,13-15H2,1-2H3. The van der Waals surface area contributed by atoms with Gasteiger partial charge in [-0.2, -0.15) is 0 Å². The number of unbranched alkanes of at least 4 members (excludes halogenated alkanes) is 1. The van der Waals surface area contributed by atoms with Crippen LogP contribution in [-0.4, -0.2) is 31.1 Å². The largest absolute Gasteiger partial charge is 0.494 e. The summed E-state index contributed by atoms with van der Waals surface area (Å²) in [7, 11) is 2.24. The molecule has 1 aromatic carbocycles. The van der Waals surface area contributed by atoms with Crippen molar-refractivity contribution in [3.8, 4) is 5.75 Å². The van der Waals surface area contributed by atoms with Crippen molar-refractivity contribution in [2.75, 3.05) is 20.2 Å². The van der Waals surface area contributed by atoms with Crippen LogP contribution >= 0.6 is 0 Å². The molecule has 20 heavy (non-hydrogen) atoms. The van der Waals surface area contributed by atoms with Gasteiger partial charge in [0.25, 0.3) is 0 Å². The monoisotopic (exact) mass is 275 g/mol. The molecule has 1 aromatic rings. The topological polar surface area (TPSA) is 12.5 Å². The molecule has 0 bridgehead atoms. The fourth-order valence-electron chi connectivity index (χ4n) is 2.95. The molecule has 2 heteroatoms. The Kier molecular flexibility index (Phi) is 6.38. The zero-order chi connectivity index (χ0) is 14.2. The lowest BCUT2D eigenvalue weighted by atomic mass is 10.0. The molecular formula is C18H29NO. The summed E-state index contributed by atoms with van der Waals surface area (Å²) in [5, 5.41) is 0. The molecule has 1 atom stereocenters. The average Bonchev–Trinajstić information content (AvgIpc) is 2.48. The second-order valence-electron chi connectivity index (χ2n) is 6.01. The molecule has 0 aliphatic carbocycles. The summed E-state index contributed by atoms with van der Waals surface area (Å²) < 4.78 is 5.89. The number of hydrogen-bond donors (Lipinski definition) is 0. The highest BCUT2D eigenvalue weighted by Crippen LogP contribution is 2.19. The second kappa shape index (κ2) is 8.31. The lowest BCUT2D eigenvalue weighted by Crippen LogP contribution is -2.37. The van der Waals surface area contributed by atoms with Crippen molar-refractivity contribution < 1.29 is 4.74 Å². The average molecular weight is 275 g/mol. The highest BCUT2D eigenvalue weighted by atomic mass is 16.5. The van der Waals surface area contributed by atoms with Gasteiger partial charge in [0.05, 0.1) is 6.61 Å². The van der Waals surface area contributed by atoms with E-state index in [-0.39, 0.29) is 0 Å². The normalized spacial score (nSPS) is 20.0. The minimum absolute atomic E-state index is 0.715. The number of benzene rings is 1. The summed E-state index contributed by atoms with van der Waals surface area (Å²) in [5.41, 5.74) is 1.42. The summed E-state index contributed by atoms with van der Waals surface area (Å²) in [4.78, 5) is 2.49. The van der Waals surface area contributed by atoms with Crippen LogP contribution in [0.25, 0.3) is 0 Å². The second-order valence-corrected chi connectivity index (χ2v) is 6.01. The molecule has 1 fully saturated rings. The highest BCUT2D eigenvalue weighted by Gasteiger charge is 2.18. The zero-order valence-electron chi connectivity index (χ0n) is 13.1. The highest BCUT2D eigenvalue weighted by molar-refractivity contribution is 5.27.